The molecule has 1 aliphatic carbocycles. The minimum Gasteiger partial charge on any atom is -0.382 e. The summed E-state index contributed by atoms with van der Waals surface area (Å²) in [5.74, 6) is 1.45. The van der Waals surface area contributed by atoms with Gasteiger partial charge >= 0.3 is 0 Å². The van der Waals surface area contributed by atoms with Crippen molar-refractivity contribution in [2.75, 3.05) is 13.7 Å². The van der Waals surface area contributed by atoms with Crippen LogP contribution in [0.3, 0.4) is 0 Å². The Morgan fingerprint density at radius 3 is 2.67 bits per heavy atom. The fraction of sp³-hybridized carbons (Fsp3) is 0.684. The van der Waals surface area contributed by atoms with Gasteiger partial charge in [0.25, 0.3) is 0 Å². The monoisotopic (exact) mass is 289 g/mol. The molecule has 1 aromatic rings. The Bertz CT molecular complexity index is 392. The molecule has 4 atom stereocenters. The smallest absolute Gasteiger partial charge is 0.0546 e. The average Bonchev–Trinajstić information content (AvgIpc) is 2.54. The van der Waals surface area contributed by atoms with Gasteiger partial charge in [0.15, 0.2) is 0 Å². The van der Waals surface area contributed by atoms with E-state index in [1.54, 1.807) is 0 Å². The predicted octanol–water partition coefficient (Wildman–Crippen LogP) is 4.36. The summed E-state index contributed by atoms with van der Waals surface area (Å²) in [7, 11) is 1.83. The molecule has 0 aliphatic heterocycles. The zero-order chi connectivity index (χ0) is 15.1. The van der Waals surface area contributed by atoms with Crippen LogP contribution in [0.1, 0.15) is 57.4 Å². The molecule has 0 radical (unpaired) electrons. The van der Waals surface area contributed by atoms with Gasteiger partial charge in [-0.3, -0.25) is 0 Å². The van der Waals surface area contributed by atoms with Crippen molar-refractivity contribution < 1.29 is 4.74 Å². The third-order valence-electron chi connectivity index (χ3n) is 4.95. The molecule has 0 spiro atoms. The zero-order valence-electron chi connectivity index (χ0n) is 13.8. The summed E-state index contributed by atoms with van der Waals surface area (Å²) in [4.78, 5) is 0. The molecule has 2 heteroatoms. The van der Waals surface area contributed by atoms with Gasteiger partial charge in [0.05, 0.1) is 6.10 Å². The third kappa shape index (κ3) is 4.82. The number of methoxy groups -OCH3 is 1. The highest BCUT2D eigenvalue weighted by atomic mass is 16.5. The molecule has 2 rings (SSSR count). The van der Waals surface area contributed by atoms with Crippen molar-refractivity contribution >= 4 is 0 Å². The SMILES string of the molecule is CCCNC1CCC(c2ccccc2)CC1CC(C)OC. The summed E-state index contributed by atoms with van der Waals surface area (Å²) in [5.41, 5.74) is 1.52. The Hall–Kier alpha value is -0.860. The van der Waals surface area contributed by atoms with Crippen LogP contribution in [0, 0.1) is 5.92 Å². The van der Waals surface area contributed by atoms with Crippen LogP contribution >= 0.6 is 0 Å². The molecule has 0 aromatic heterocycles. The van der Waals surface area contributed by atoms with Crippen LogP contribution in [0.15, 0.2) is 30.3 Å². The lowest BCUT2D eigenvalue weighted by Crippen LogP contribution is -2.41. The molecule has 0 bridgehead atoms. The second-order valence-electron chi connectivity index (χ2n) is 6.52. The number of hydrogen-bond donors (Lipinski definition) is 1. The van der Waals surface area contributed by atoms with E-state index in [0.717, 1.165) is 18.4 Å². The molecule has 118 valence electrons. The molecular formula is C19H31NO. The van der Waals surface area contributed by atoms with Crippen molar-refractivity contribution in [3.05, 3.63) is 35.9 Å². The van der Waals surface area contributed by atoms with Crippen LogP contribution in [0.4, 0.5) is 0 Å². The van der Waals surface area contributed by atoms with Crippen LogP contribution in [0.2, 0.25) is 0 Å². The number of hydrogen-bond acceptors (Lipinski definition) is 2. The van der Waals surface area contributed by atoms with E-state index in [9.17, 15) is 0 Å². The highest BCUT2D eigenvalue weighted by Gasteiger charge is 2.31. The standard InChI is InChI=1S/C19H31NO/c1-4-12-20-19-11-10-17(16-8-6-5-7-9-16)14-18(19)13-15(2)21-3/h5-9,15,17-20H,4,10-14H2,1-3H3. The van der Waals surface area contributed by atoms with Crippen molar-refractivity contribution in [2.45, 2.75) is 64.0 Å². The third-order valence-corrected chi connectivity index (χ3v) is 4.95. The maximum atomic E-state index is 5.52. The van der Waals surface area contributed by atoms with Gasteiger partial charge in [-0.15, -0.1) is 0 Å². The van der Waals surface area contributed by atoms with Gasteiger partial charge in [-0.2, -0.15) is 0 Å². The summed E-state index contributed by atoms with van der Waals surface area (Å²) >= 11 is 0. The second kappa shape index (κ2) is 8.55. The second-order valence-corrected chi connectivity index (χ2v) is 6.52. The van der Waals surface area contributed by atoms with E-state index >= 15 is 0 Å². The maximum Gasteiger partial charge on any atom is 0.0546 e. The fourth-order valence-corrected chi connectivity index (χ4v) is 3.67. The molecule has 1 N–H and O–H groups in total. The van der Waals surface area contributed by atoms with Crippen molar-refractivity contribution in [2.24, 2.45) is 5.92 Å². The van der Waals surface area contributed by atoms with Gasteiger partial charge in [-0.05, 0) is 63.0 Å². The maximum absolute atomic E-state index is 5.52. The van der Waals surface area contributed by atoms with Gasteiger partial charge in [0, 0.05) is 13.2 Å². The largest absolute Gasteiger partial charge is 0.382 e. The molecule has 1 aromatic carbocycles. The summed E-state index contributed by atoms with van der Waals surface area (Å²) in [6, 6.07) is 11.7. The quantitative estimate of drug-likeness (QED) is 0.805. The van der Waals surface area contributed by atoms with E-state index in [4.69, 9.17) is 4.74 Å². The lowest BCUT2D eigenvalue weighted by molar-refractivity contribution is 0.0761. The Labute approximate surface area is 130 Å². The minimum absolute atomic E-state index is 0.357. The van der Waals surface area contributed by atoms with Crippen LogP contribution < -0.4 is 5.32 Å². The van der Waals surface area contributed by atoms with E-state index in [0.29, 0.717) is 12.1 Å². The number of ether oxygens (including phenoxy) is 1. The van der Waals surface area contributed by atoms with E-state index in [1.165, 1.54) is 37.7 Å². The Morgan fingerprint density at radius 1 is 1.24 bits per heavy atom. The first-order chi connectivity index (χ1) is 10.2. The van der Waals surface area contributed by atoms with Crippen LogP contribution in [0.5, 0.6) is 0 Å². The normalized spacial score (nSPS) is 27.5. The summed E-state index contributed by atoms with van der Waals surface area (Å²) in [5, 5.41) is 3.77. The predicted molar refractivity (Wildman–Crippen MR) is 89.7 cm³/mol. The number of rotatable bonds is 7. The van der Waals surface area contributed by atoms with Gasteiger partial charge in [0.2, 0.25) is 0 Å². The molecule has 1 saturated carbocycles. The molecule has 21 heavy (non-hydrogen) atoms. The van der Waals surface area contributed by atoms with Crippen LogP contribution in [-0.4, -0.2) is 25.8 Å². The number of nitrogens with one attached hydrogen (secondary N) is 1. The van der Waals surface area contributed by atoms with Gasteiger partial charge in [0.1, 0.15) is 0 Å². The Morgan fingerprint density at radius 2 is 2.00 bits per heavy atom. The van der Waals surface area contributed by atoms with Crippen molar-refractivity contribution in [1.29, 1.82) is 0 Å². The van der Waals surface area contributed by atoms with Crippen LogP contribution in [0.25, 0.3) is 0 Å². The van der Waals surface area contributed by atoms with E-state index in [-0.39, 0.29) is 0 Å². The topological polar surface area (TPSA) is 21.3 Å². The molecule has 1 fully saturated rings. The molecule has 0 amide bonds. The van der Waals surface area contributed by atoms with Crippen LogP contribution in [-0.2, 0) is 4.74 Å². The van der Waals surface area contributed by atoms with Crippen molar-refractivity contribution in [3.63, 3.8) is 0 Å². The molecule has 2 nitrogen and oxygen atoms in total. The highest BCUT2D eigenvalue weighted by Crippen LogP contribution is 2.38. The molecule has 0 heterocycles. The Kier molecular flexibility index (Phi) is 6.72. The molecule has 4 unspecified atom stereocenters. The molecule has 1 aliphatic rings. The summed E-state index contributed by atoms with van der Waals surface area (Å²) in [6.07, 6.45) is 6.63. The molecule has 0 saturated heterocycles. The van der Waals surface area contributed by atoms with Gasteiger partial charge in [-0.1, -0.05) is 37.3 Å². The summed E-state index contributed by atoms with van der Waals surface area (Å²) < 4.78 is 5.52. The van der Waals surface area contributed by atoms with Crippen molar-refractivity contribution in [1.82, 2.24) is 5.32 Å². The van der Waals surface area contributed by atoms with Gasteiger partial charge in [-0.25, -0.2) is 0 Å². The first-order valence-electron chi connectivity index (χ1n) is 8.55. The first-order valence-corrected chi connectivity index (χ1v) is 8.55. The fourth-order valence-electron chi connectivity index (χ4n) is 3.67. The Balaban J connectivity index is 2.01. The number of benzene rings is 1. The lowest BCUT2D eigenvalue weighted by Gasteiger charge is -2.38. The van der Waals surface area contributed by atoms with Crippen molar-refractivity contribution in [3.8, 4) is 0 Å². The van der Waals surface area contributed by atoms with Gasteiger partial charge < -0.3 is 10.1 Å². The zero-order valence-corrected chi connectivity index (χ0v) is 13.8. The molecular weight excluding hydrogens is 258 g/mol. The van der Waals surface area contributed by atoms with E-state index in [1.807, 2.05) is 7.11 Å². The lowest BCUT2D eigenvalue weighted by atomic mass is 9.73. The first kappa shape index (κ1) is 16.5. The van der Waals surface area contributed by atoms with E-state index < -0.39 is 0 Å². The highest BCUT2D eigenvalue weighted by molar-refractivity contribution is 5.20. The average molecular weight is 289 g/mol. The van der Waals surface area contributed by atoms with E-state index in [2.05, 4.69) is 49.5 Å². The minimum atomic E-state index is 0.357. The summed E-state index contributed by atoms with van der Waals surface area (Å²) in [6.45, 7) is 5.58.